The van der Waals surface area contributed by atoms with Crippen molar-refractivity contribution in [1.82, 2.24) is 4.98 Å². The van der Waals surface area contributed by atoms with Crippen molar-refractivity contribution in [3.63, 3.8) is 0 Å². The summed E-state index contributed by atoms with van der Waals surface area (Å²) < 4.78 is 31.3. The molecule has 2 aromatic rings. The highest BCUT2D eigenvalue weighted by atomic mass is 19.2. The predicted molar refractivity (Wildman–Crippen MR) is 70.9 cm³/mol. The minimum atomic E-state index is -0.896. The molecule has 1 aromatic heterocycles. The van der Waals surface area contributed by atoms with E-state index >= 15 is 0 Å². The molecule has 5 heteroatoms. The third kappa shape index (κ3) is 3.77. The number of pyridine rings is 1. The number of benzene rings is 1. The van der Waals surface area contributed by atoms with Crippen LogP contribution in [0.15, 0.2) is 36.7 Å². The van der Waals surface area contributed by atoms with Crippen LogP contribution < -0.4 is 10.5 Å². The number of ether oxygens (including phenoxy) is 1. The van der Waals surface area contributed by atoms with Gasteiger partial charge in [0, 0.05) is 11.8 Å². The van der Waals surface area contributed by atoms with E-state index in [2.05, 4.69) is 16.8 Å². The standard InChI is InChI=1S/C15H12F2N2O/c16-14-4-3-12(7-15(14)17)10-20-13-6-11(2-1-5-18)8-19-9-13/h3-4,6-9H,5,10,18H2. The monoisotopic (exact) mass is 274 g/mol. The zero-order chi connectivity index (χ0) is 14.4. The summed E-state index contributed by atoms with van der Waals surface area (Å²) in [4.78, 5) is 3.98. The number of rotatable bonds is 3. The highest BCUT2D eigenvalue weighted by Gasteiger charge is 2.03. The third-order valence-electron chi connectivity index (χ3n) is 2.44. The summed E-state index contributed by atoms with van der Waals surface area (Å²) in [5.41, 5.74) is 6.49. The van der Waals surface area contributed by atoms with Crippen molar-refractivity contribution in [3.8, 4) is 17.6 Å². The highest BCUT2D eigenvalue weighted by Crippen LogP contribution is 2.14. The smallest absolute Gasteiger partial charge is 0.159 e. The van der Waals surface area contributed by atoms with Crippen LogP contribution in [0.1, 0.15) is 11.1 Å². The predicted octanol–water partition coefficient (Wildman–Crippen LogP) is 2.25. The molecule has 0 bridgehead atoms. The van der Waals surface area contributed by atoms with Gasteiger partial charge in [-0.05, 0) is 23.8 Å². The minimum absolute atomic E-state index is 0.118. The van der Waals surface area contributed by atoms with Crippen molar-refractivity contribution in [3.05, 3.63) is 59.4 Å². The van der Waals surface area contributed by atoms with E-state index in [0.717, 1.165) is 12.1 Å². The van der Waals surface area contributed by atoms with Crippen LogP contribution in [0.4, 0.5) is 8.78 Å². The Morgan fingerprint density at radius 3 is 2.75 bits per heavy atom. The molecule has 0 saturated carbocycles. The Hall–Kier alpha value is -2.45. The second-order valence-corrected chi connectivity index (χ2v) is 3.95. The lowest BCUT2D eigenvalue weighted by Gasteiger charge is -2.06. The molecule has 2 rings (SSSR count). The summed E-state index contributed by atoms with van der Waals surface area (Å²) in [5.74, 6) is 4.26. The van der Waals surface area contributed by atoms with E-state index in [1.807, 2.05) is 0 Å². The van der Waals surface area contributed by atoms with Gasteiger partial charge in [0.25, 0.3) is 0 Å². The molecular weight excluding hydrogens is 262 g/mol. The molecule has 0 unspecified atom stereocenters. The zero-order valence-electron chi connectivity index (χ0n) is 10.6. The Morgan fingerprint density at radius 1 is 1.15 bits per heavy atom. The van der Waals surface area contributed by atoms with Gasteiger partial charge in [0.2, 0.25) is 0 Å². The zero-order valence-corrected chi connectivity index (χ0v) is 10.6. The van der Waals surface area contributed by atoms with Crippen LogP contribution in [0.25, 0.3) is 0 Å². The number of aromatic nitrogens is 1. The molecule has 0 atom stereocenters. The average Bonchev–Trinajstić information content (AvgIpc) is 2.47. The largest absolute Gasteiger partial charge is 0.487 e. The average molecular weight is 274 g/mol. The van der Waals surface area contributed by atoms with Crippen LogP contribution in [0, 0.1) is 23.5 Å². The van der Waals surface area contributed by atoms with Gasteiger partial charge in [-0.15, -0.1) is 0 Å². The normalized spacial score (nSPS) is 9.75. The first-order valence-electron chi connectivity index (χ1n) is 5.90. The van der Waals surface area contributed by atoms with Crippen LogP contribution in [0.2, 0.25) is 0 Å². The third-order valence-corrected chi connectivity index (χ3v) is 2.44. The van der Waals surface area contributed by atoms with Crippen molar-refractivity contribution in [1.29, 1.82) is 0 Å². The highest BCUT2D eigenvalue weighted by molar-refractivity contribution is 5.37. The summed E-state index contributed by atoms with van der Waals surface area (Å²) in [7, 11) is 0. The van der Waals surface area contributed by atoms with Crippen molar-refractivity contribution >= 4 is 0 Å². The van der Waals surface area contributed by atoms with Crippen LogP contribution in [-0.2, 0) is 6.61 Å². The van der Waals surface area contributed by atoms with Crippen molar-refractivity contribution in [2.24, 2.45) is 5.73 Å². The van der Waals surface area contributed by atoms with Crippen molar-refractivity contribution in [2.75, 3.05) is 6.54 Å². The van der Waals surface area contributed by atoms with Gasteiger partial charge >= 0.3 is 0 Å². The van der Waals surface area contributed by atoms with Gasteiger partial charge in [0.15, 0.2) is 11.6 Å². The molecule has 20 heavy (non-hydrogen) atoms. The van der Waals surface area contributed by atoms with Gasteiger partial charge in [-0.1, -0.05) is 17.9 Å². The molecule has 0 aliphatic heterocycles. The maximum absolute atomic E-state index is 13.0. The first-order chi connectivity index (χ1) is 9.69. The Kier molecular flexibility index (Phi) is 4.64. The summed E-state index contributed by atoms with van der Waals surface area (Å²) in [6, 6.07) is 5.33. The summed E-state index contributed by atoms with van der Waals surface area (Å²) in [6.07, 6.45) is 3.11. The van der Waals surface area contributed by atoms with Crippen LogP contribution >= 0.6 is 0 Å². The molecule has 2 N–H and O–H groups in total. The lowest BCUT2D eigenvalue weighted by atomic mass is 10.2. The quantitative estimate of drug-likeness (QED) is 0.873. The van der Waals surface area contributed by atoms with E-state index < -0.39 is 11.6 Å². The first kappa shape index (κ1) is 14.0. The molecule has 0 radical (unpaired) electrons. The summed E-state index contributed by atoms with van der Waals surface area (Å²) >= 11 is 0. The fraction of sp³-hybridized carbons (Fsp3) is 0.133. The Bertz CT molecular complexity index is 662. The molecule has 0 aliphatic rings. The van der Waals surface area contributed by atoms with Gasteiger partial charge in [0.05, 0.1) is 12.7 Å². The molecule has 0 aliphatic carbocycles. The Balaban J connectivity index is 2.05. The lowest BCUT2D eigenvalue weighted by molar-refractivity contribution is 0.304. The molecule has 0 spiro atoms. The molecule has 0 fully saturated rings. The number of nitrogens with two attached hydrogens (primary N) is 1. The van der Waals surface area contributed by atoms with Gasteiger partial charge in [0.1, 0.15) is 12.4 Å². The number of hydrogen-bond acceptors (Lipinski definition) is 3. The Labute approximate surface area is 115 Å². The second kappa shape index (κ2) is 6.64. The maximum atomic E-state index is 13.0. The molecular formula is C15H12F2N2O. The fourth-order valence-electron chi connectivity index (χ4n) is 1.52. The van der Waals surface area contributed by atoms with Crippen LogP contribution in [0.5, 0.6) is 5.75 Å². The SMILES string of the molecule is NCC#Cc1cncc(OCc2ccc(F)c(F)c2)c1. The number of nitrogens with zero attached hydrogens (tertiary/aromatic N) is 1. The molecule has 0 amide bonds. The minimum Gasteiger partial charge on any atom is -0.487 e. The van der Waals surface area contributed by atoms with Gasteiger partial charge in [-0.2, -0.15) is 0 Å². The van der Waals surface area contributed by atoms with Crippen molar-refractivity contribution in [2.45, 2.75) is 6.61 Å². The van der Waals surface area contributed by atoms with E-state index in [0.29, 0.717) is 16.9 Å². The van der Waals surface area contributed by atoms with Crippen LogP contribution in [-0.4, -0.2) is 11.5 Å². The molecule has 3 nitrogen and oxygen atoms in total. The number of halogens is 2. The molecule has 102 valence electrons. The molecule has 0 saturated heterocycles. The van der Waals surface area contributed by atoms with E-state index in [1.165, 1.54) is 12.3 Å². The van der Waals surface area contributed by atoms with Gasteiger partial charge < -0.3 is 10.5 Å². The number of hydrogen-bond donors (Lipinski definition) is 1. The van der Waals surface area contributed by atoms with E-state index in [-0.39, 0.29) is 13.2 Å². The molecule has 1 aromatic carbocycles. The summed E-state index contributed by atoms with van der Waals surface area (Å²) in [5, 5.41) is 0. The maximum Gasteiger partial charge on any atom is 0.159 e. The van der Waals surface area contributed by atoms with Crippen LogP contribution in [0.3, 0.4) is 0 Å². The van der Waals surface area contributed by atoms with Crippen molar-refractivity contribution < 1.29 is 13.5 Å². The first-order valence-corrected chi connectivity index (χ1v) is 5.90. The second-order valence-electron chi connectivity index (χ2n) is 3.95. The van der Waals surface area contributed by atoms with Gasteiger partial charge in [-0.3, -0.25) is 4.98 Å². The lowest BCUT2D eigenvalue weighted by Crippen LogP contribution is -1.98. The summed E-state index contributed by atoms with van der Waals surface area (Å²) in [6.45, 7) is 0.382. The van der Waals surface area contributed by atoms with E-state index in [9.17, 15) is 8.78 Å². The van der Waals surface area contributed by atoms with E-state index in [4.69, 9.17) is 10.5 Å². The fourth-order valence-corrected chi connectivity index (χ4v) is 1.52. The molecule has 1 heterocycles. The Morgan fingerprint density at radius 2 is 2.00 bits per heavy atom. The van der Waals surface area contributed by atoms with Gasteiger partial charge in [-0.25, -0.2) is 8.78 Å². The van der Waals surface area contributed by atoms with E-state index in [1.54, 1.807) is 12.3 Å². The topological polar surface area (TPSA) is 48.1 Å².